The number of nitrogens with two attached hydrogens (primary N) is 1. The van der Waals surface area contributed by atoms with Crippen molar-refractivity contribution >= 4 is 11.8 Å². The lowest BCUT2D eigenvalue weighted by Gasteiger charge is -2.08. The first-order valence-electron chi connectivity index (χ1n) is 6.45. The van der Waals surface area contributed by atoms with Gasteiger partial charge in [0.05, 0.1) is 5.03 Å². The number of pyridine rings is 1. The van der Waals surface area contributed by atoms with E-state index in [1.54, 1.807) is 0 Å². The van der Waals surface area contributed by atoms with E-state index in [2.05, 4.69) is 37.9 Å². The minimum atomic E-state index is 0.260. The van der Waals surface area contributed by atoms with Gasteiger partial charge in [0.15, 0.2) is 0 Å². The highest BCUT2D eigenvalue weighted by atomic mass is 32.2. The Hall–Kier alpha value is -0.540. The maximum Gasteiger partial charge on any atom is 0.0960 e. The lowest BCUT2D eigenvalue weighted by atomic mass is 10.1. The molecule has 1 atom stereocenters. The van der Waals surface area contributed by atoms with Gasteiger partial charge in [-0.25, -0.2) is 4.98 Å². The number of aromatic nitrogens is 1. The molecule has 0 aromatic carbocycles. The Morgan fingerprint density at radius 2 is 2.12 bits per heavy atom. The van der Waals surface area contributed by atoms with E-state index in [-0.39, 0.29) is 6.04 Å². The molecule has 0 aliphatic heterocycles. The van der Waals surface area contributed by atoms with Crippen LogP contribution in [0.5, 0.6) is 0 Å². The molecule has 1 aromatic rings. The number of thioether (sulfide) groups is 1. The van der Waals surface area contributed by atoms with E-state index in [1.165, 1.54) is 12.0 Å². The van der Waals surface area contributed by atoms with Gasteiger partial charge in [0.1, 0.15) is 0 Å². The maximum absolute atomic E-state index is 5.92. The predicted molar refractivity (Wildman–Crippen MR) is 76.4 cm³/mol. The van der Waals surface area contributed by atoms with Crippen LogP contribution in [0.4, 0.5) is 0 Å². The fourth-order valence-electron chi connectivity index (χ4n) is 1.46. The Balaban J connectivity index is 2.39. The molecule has 0 radical (unpaired) electrons. The Morgan fingerprint density at radius 1 is 1.35 bits per heavy atom. The SMILES string of the molecule is CCC(N)Cc1ccc(SCCC(C)C)nc1. The summed E-state index contributed by atoms with van der Waals surface area (Å²) in [4.78, 5) is 4.47. The molecule has 1 rings (SSSR count). The van der Waals surface area contributed by atoms with Crippen LogP contribution < -0.4 is 5.73 Å². The van der Waals surface area contributed by atoms with Crippen LogP contribution in [0.1, 0.15) is 39.2 Å². The van der Waals surface area contributed by atoms with Crippen LogP contribution in [0, 0.1) is 5.92 Å². The zero-order valence-corrected chi connectivity index (χ0v) is 12.0. The second-order valence-electron chi connectivity index (χ2n) is 4.91. The number of hydrogen-bond acceptors (Lipinski definition) is 3. The number of nitrogens with zero attached hydrogens (tertiary/aromatic N) is 1. The van der Waals surface area contributed by atoms with Gasteiger partial charge in [0, 0.05) is 12.2 Å². The van der Waals surface area contributed by atoms with Crippen LogP contribution in [-0.2, 0) is 6.42 Å². The van der Waals surface area contributed by atoms with Gasteiger partial charge < -0.3 is 5.73 Å². The highest BCUT2D eigenvalue weighted by molar-refractivity contribution is 7.99. The van der Waals surface area contributed by atoms with Crippen LogP contribution in [0.25, 0.3) is 0 Å². The standard InChI is InChI=1S/C14H24N2S/c1-4-13(15)9-12-5-6-14(16-10-12)17-8-7-11(2)3/h5-6,10-11,13H,4,7-9,15H2,1-3H3. The average molecular weight is 252 g/mol. The van der Waals surface area contributed by atoms with Crippen molar-refractivity contribution in [1.82, 2.24) is 4.98 Å². The summed E-state index contributed by atoms with van der Waals surface area (Å²) in [6, 6.07) is 4.53. The fourth-order valence-corrected chi connectivity index (χ4v) is 2.55. The highest BCUT2D eigenvalue weighted by Gasteiger charge is 2.03. The summed E-state index contributed by atoms with van der Waals surface area (Å²) in [5, 5.41) is 1.12. The van der Waals surface area contributed by atoms with E-state index in [1.807, 2.05) is 18.0 Å². The zero-order chi connectivity index (χ0) is 12.7. The van der Waals surface area contributed by atoms with Crippen molar-refractivity contribution in [2.24, 2.45) is 11.7 Å². The third-order valence-electron chi connectivity index (χ3n) is 2.77. The fraction of sp³-hybridized carbons (Fsp3) is 0.643. The summed E-state index contributed by atoms with van der Waals surface area (Å²) in [7, 11) is 0. The van der Waals surface area contributed by atoms with Crippen molar-refractivity contribution in [3.05, 3.63) is 23.9 Å². The van der Waals surface area contributed by atoms with E-state index in [4.69, 9.17) is 5.73 Å². The van der Waals surface area contributed by atoms with Gasteiger partial charge in [-0.15, -0.1) is 11.8 Å². The van der Waals surface area contributed by atoms with Crippen molar-refractivity contribution in [3.63, 3.8) is 0 Å². The molecular weight excluding hydrogens is 228 g/mol. The minimum Gasteiger partial charge on any atom is -0.327 e. The van der Waals surface area contributed by atoms with E-state index in [9.17, 15) is 0 Å². The molecule has 1 aromatic heterocycles. The normalized spacial score (nSPS) is 13.0. The molecule has 2 nitrogen and oxygen atoms in total. The lowest BCUT2D eigenvalue weighted by Crippen LogP contribution is -2.21. The Bertz CT molecular complexity index is 309. The summed E-state index contributed by atoms with van der Waals surface area (Å²) in [6.45, 7) is 6.63. The van der Waals surface area contributed by atoms with E-state index in [0.29, 0.717) is 0 Å². The summed E-state index contributed by atoms with van der Waals surface area (Å²) in [5.41, 5.74) is 7.17. The van der Waals surface area contributed by atoms with Crippen molar-refractivity contribution < 1.29 is 0 Å². The van der Waals surface area contributed by atoms with Gasteiger partial charge in [-0.3, -0.25) is 0 Å². The second kappa shape index (κ2) is 7.72. The Kier molecular flexibility index (Phi) is 6.60. The van der Waals surface area contributed by atoms with Crippen LogP contribution >= 0.6 is 11.8 Å². The molecule has 1 heterocycles. The largest absolute Gasteiger partial charge is 0.327 e. The van der Waals surface area contributed by atoms with Gasteiger partial charge in [0.25, 0.3) is 0 Å². The van der Waals surface area contributed by atoms with Gasteiger partial charge >= 0.3 is 0 Å². The van der Waals surface area contributed by atoms with Crippen LogP contribution in [-0.4, -0.2) is 16.8 Å². The van der Waals surface area contributed by atoms with Crippen molar-refractivity contribution in [1.29, 1.82) is 0 Å². The molecule has 0 aliphatic rings. The smallest absolute Gasteiger partial charge is 0.0960 e. The quantitative estimate of drug-likeness (QED) is 0.755. The van der Waals surface area contributed by atoms with Crippen molar-refractivity contribution in [2.75, 3.05) is 5.75 Å². The highest BCUT2D eigenvalue weighted by Crippen LogP contribution is 2.18. The molecule has 0 spiro atoms. The van der Waals surface area contributed by atoms with Crippen LogP contribution in [0.15, 0.2) is 23.4 Å². The molecule has 0 fully saturated rings. The first-order chi connectivity index (χ1) is 8.11. The van der Waals surface area contributed by atoms with Gasteiger partial charge in [0.2, 0.25) is 0 Å². The Morgan fingerprint density at radius 3 is 2.65 bits per heavy atom. The minimum absolute atomic E-state index is 0.260. The topological polar surface area (TPSA) is 38.9 Å². The summed E-state index contributed by atoms with van der Waals surface area (Å²) in [5.74, 6) is 1.92. The maximum atomic E-state index is 5.92. The Labute approximate surface area is 109 Å². The van der Waals surface area contributed by atoms with Gasteiger partial charge in [-0.05, 0) is 42.6 Å². The van der Waals surface area contributed by atoms with Crippen molar-refractivity contribution in [2.45, 2.75) is 51.1 Å². The third-order valence-corrected chi connectivity index (χ3v) is 3.74. The third kappa shape index (κ3) is 6.08. The zero-order valence-electron chi connectivity index (χ0n) is 11.1. The molecule has 17 heavy (non-hydrogen) atoms. The first kappa shape index (κ1) is 14.5. The monoisotopic (exact) mass is 252 g/mol. The second-order valence-corrected chi connectivity index (χ2v) is 6.02. The molecular formula is C14H24N2S. The van der Waals surface area contributed by atoms with E-state index >= 15 is 0 Å². The molecule has 3 heteroatoms. The molecule has 0 saturated heterocycles. The summed E-state index contributed by atoms with van der Waals surface area (Å²) >= 11 is 1.84. The van der Waals surface area contributed by atoms with Crippen LogP contribution in [0.2, 0.25) is 0 Å². The van der Waals surface area contributed by atoms with E-state index < -0.39 is 0 Å². The summed E-state index contributed by atoms with van der Waals surface area (Å²) in [6.07, 6.45) is 5.16. The molecule has 1 unspecified atom stereocenters. The predicted octanol–water partition coefficient (Wildman–Crippen LogP) is 3.50. The number of hydrogen-bond donors (Lipinski definition) is 1. The first-order valence-corrected chi connectivity index (χ1v) is 7.43. The average Bonchev–Trinajstić information content (AvgIpc) is 2.31. The lowest BCUT2D eigenvalue weighted by molar-refractivity contribution is 0.631. The van der Waals surface area contributed by atoms with Crippen molar-refractivity contribution in [3.8, 4) is 0 Å². The molecule has 96 valence electrons. The van der Waals surface area contributed by atoms with Gasteiger partial charge in [-0.2, -0.15) is 0 Å². The molecule has 0 saturated carbocycles. The molecule has 0 amide bonds. The molecule has 0 aliphatic carbocycles. The summed E-state index contributed by atoms with van der Waals surface area (Å²) < 4.78 is 0. The van der Waals surface area contributed by atoms with E-state index in [0.717, 1.165) is 29.5 Å². The molecule has 2 N–H and O–H groups in total. The number of rotatable bonds is 7. The molecule has 0 bridgehead atoms. The van der Waals surface area contributed by atoms with Gasteiger partial charge in [-0.1, -0.05) is 26.8 Å². The van der Waals surface area contributed by atoms with Crippen LogP contribution in [0.3, 0.4) is 0 Å².